The molecule has 0 saturated carbocycles. The number of rotatable bonds is 4. The molecular weight excluding hydrogens is 335 g/mol. The molecule has 0 aromatic heterocycles. The Balaban J connectivity index is 2.18. The SMILES string of the molecule is COc1cc(C(=O)N2CC(=O)N(CC(F)(F)F)C2)ccc1[N+](=O)[O-]. The van der Waals surface area contributed by atoms with Crippen LogP contribution >= 0.6 is 0 Å². The minimum atomic E-state index is -4.56. The molecule has 24 heavy (non-hydrogen) atoms. The Morgan fingerprint density at radius 3 is 2.62 bits per heavy atom. The number of ether oxygens (including phenoxy) is 1. The van der Waals surface area contributed by atoms with Gasteiger partial charge >= 0.3 is 11.9 Å². The number of methoxy groups -OCH3 is 1. The third-order valence-electron chi connectivity index (χ3n) is 3.30. The summed E-state index contributed by atoms with van der Waals surface area (Å²) in [6, 6.07) is 3.31. The van der Waals surface area contributed by atoms with Crippen LogP contribution in [0.15, 0.2) is 18.2 Å². The lowest BCUT2D eigenvalue weighted by molar-refractivity contribution is -0.385. The van der Waals surface area contributed by atoms with Crippen LogP contribution in [0.5, 0.6) is 5.75 Å². The predicted molar refractivity (Wildman–Crippen MR) is 73.3 cm³/mol. The minimum absolute atomic E-state index is 0.0286. The summed E-state index contributed by atoms with van der Waals surface area (Å²) in [4.78, 5) is 35.4. The monoisotopic (exact) mass is 347 g/mol. The van der Waals surface area contributed by atoms with Crippen LogP contribution in [0.4, 0.5) is 18.9 Å². The molecule has 0 radical (unpaired) electrons. The van der Waals surface area contributed by atoms with E-state index in [0.717, 1.165) is 23.1 Å². The van der Waals surface area contributed by atoms with Gasteiger partial charge in [0.1, 0.15) is 13.1 Å². The zero-order valence-corrected chi connectivity index (χ0v) is 12.4. The van der Waals surface area contributed by atoms with E-state index in [4.69, 9.17) is 4.74 Å². The average molecular weight is 347 g/mol. The van der Waals surface area contributed by atoms with Gasteiger partial charge in [-0.2, -0.15) is 13.2 Å². The normalized spacial score (nSPS) is 14.9. The van der Waals surface area contributed by atoms with Crippen molar-refractivity contribution in [3.05, 3.63) is 33.9 Å². The van der Waals surface area contributed by atoms with Gasteiger partial charge in [-0.25, -0.2) is 0 Å². The van der Waals surface area contributed by atoms with Crippen LogP contribution in [0, 0.1) is 10.1 Å². The zero-order chi connectivity index (χ0) is 18.1. The fourth-order valence-electron chi connectivity index (χ4n) is 2.23. The maximum atomic E-state index is 12.4. The van der Waals surface area contributed by atoms with E-state index in [1.807, 2.05) is 0 Å². The molecule has 130 valence electrons. The van der Waals surface area contributed by atoms with Crippen molar-refractivity contribution in [3.8, 4) is 5.75 Å². The number of benzene rings is 1. The summed E-state index contributed by atoms with van der Waals surface area (Å²) < 4.78 is 41.9. The van der Waals surface area contributed by atoms with Crippen molar-refractivity contribution in [1.29, 1.82) is 0 Å². The summed E-state index contributed by atoms with van der Waals surface area (Å²) in [5.74, 6) is -1.71. The van der Waals surface area contributed by atoms with Gasteiger partial charge in [-0.3, -0.25) is 19.7 Å². The molecular formula is C13H12F3N3O5. The topological polar surface area (TPSA) is 93.0 Å². The second-order valence-electron chi connectivity index (χ2n) is 5.00. The van der Waals surface area contributed by atoms with Gasteiger partial charge in [-0.05, 0) is 6.07 Å². The maximum Gasteiger partial charge on any atom is 0.406 e. The number of alkyl halides is 3. The largest absolute Gasteiger partial charge is 0.490 e. The molecule has 0 aliphatic carbocycles. The van der Waals surface area contributed by atoms with Gasteiger partial charge < -0.3 is 14.5 Å². The fourth-order valence-corrected chi connectivity index (χ4v) is 2.23. The van der Waals surface area contributed by atoms with Crippen LogP contribution in [0.25, 0.3) is 0 Å². The third-order valence-corrected chi connectivity index (χ3v) is 3.30. The third kappa shape index (κ3) is 3.73. The quantitative estimate of drug-likeness (QED) is 0.606. The van der Waals surface area contributed by atoms with Crippen molar-refractivity contribution >= 4 is 17.5 Å². The fraction of sp³-hybridized carbons (Fsp3) is 0.385. The van der Waals surface area contributed by atoms with Crippen molar-refractivity contribution in [2.45, 2.75) is 6.18 Å². The molecule has 1 heterocycles. The Morgan fingerprint density at radius 2 is 2.08 bits per heavy atom. The molecule has 0 unspecified atom stereocenters. The van der Waals surface area contributed by atoms with Gasteiger partial charge in [0.05, 0.1) is 18.7 Å². The number of hydrogen-bond acceptors (Lipinski definition) is 5. The predicted octanol–water partition coefficient (Wildman–Crippen LogP) is 1.41. The number of nitro benzene ring substituents is 1. The van der Waals surface area contributed by atoms with Gasteiger partial charge in [0.15, 0.2) is 5.75 Å². The number of nitro groups is 1. The number of carbonyl (C=O) groups is 2. The number of carbonyl (C=O) groups excluding carboxylic acids is 2. The maximum absolute atomic E-state index is 12.4. The first kappa shape index (κ1) is 17.5. The highest BCUT2D eigenvalue weighted by atomic mass is 19.4. The van der Waals surface area contributed by atoms with E-state index >= 15 is 0 Å². The molecule has 0 bridgehead atoms. The standard InChI is InChI=1S/C13H12F3N3O5/c1-24-10-4-8(2-3-9(10)19(22)23)12(21)17-5-11(20)18(7-17)6-13(14,15)16/h2-4H,5-7H2,1H3. The van der Waals surface area contributed by atoms with Gasteiger partial charge in [-0.1, -0.05) is 0 Å². The number of hydrogen-bond donors (Lipinski definition) is 0. The minimum Gasteiger partial charge on any atom is -0.490 e. The summed E-state index contributed by atoms with van der Waals surface area (Å²) in [5, 5.41) is 10.8. The zero-order valence-electron chi connectivity index (χ0n) is 12.4. The van der Waals surface area contributed by atoms with Gasteiger partial charge in [0, 0.05) is 17.7 Å². The Bertz CT molecular complexity index is 692. The Labute approximate surface area is 133 Å². The number of halogens is 3. The lowest BCUT2D eigenvalue weighted by Gasteiger charge is -2.19. The number of nitrogens with zero attached hydrogens (tertiary/aromatic N) is 3. The highest BCUT2D eigenvalue weighted by Crippen LogP contribution is 2.28. The van der Waals surface area contributed by atoms with Crippen molar-refractivity contribution < 1.29 is 32.4 Å². The Hall–Kier alpha value is -2.85. The van der Waals surface area contributed by atoms with E-state index in [1.54, 1.807) is 0 Å². The molecule has 1 aromatic rings. The van der Waals surface area contributed by atoms with E-state index in [2.05, 4.69) is 0 Å². The first-order valence-corrected chi connectivity index (χ1v) is 6.58. The van der Waals surface area contributed by atoms with E-state index in [9.17, 15) is 32.9 Å². The average Bonchev–Trinajstić information content (AvgIpc) is 2.84. The van der Waals surface area contributed by atoms with Crippen LogP contribution in [-0.4, -0.2) is 59.6 Å². The summed E-state index contributed by atoms with van der Waals surface area (Å²) in [6.45, 7) is -2.44. The molecule has 1 aliphatic heterocycles. The summed E-state index contributed by atoms with van der Waals surface area (Å²) >= 11 is 0. The van der Waals surface area contributed by atoms with Crippen molar-refractivity contribution in [2.75, 3.05) is 26.9 Å². The summed E-state index contributed by atoms with van der Waals surface area (Å²) in [7, 11) is 1.18. The van der Waals surface area contributed by atoms with Crippen LogP contribution in [0.1, 0.15) is 10.4 Å². The van der Waals surface area contributed by atoms with Crippen LogP contribution in [0.2, 0.25) is 0 Å². The molecule has 0 atom stereocenters. The van der Waals surface area contributed by atoms with Gasteiger partial charge in [0.2, 0.25) is 5.91 Å². The second kappa shape index (κ2) is 6.34. The lowest BCUT2D eigenvalue weighted by Crippen LogP contribution is -2.37. The van der Waals surface area contributed by atoms with E-state index < -0.39 is 42.7 Å². The molecule has 1 aliphatic rings. The van der Waals surface area contributed by atoms with E-state index in [-0.39, 0.29) is 17.0 Å². The number of amides is 2. The highest BCUT2D eigenvalue weighted by Gasteiger charge is 2.39. The molecule has 1 saturated heterocycles. The Morgan fingerprint density at radius 1 is 1.42 bits per heavy atom. The van der Waals surface area contributed by atoms with E-state index in [1.165, 1.54) is 7.11 Å². The van der Waals surface area contributed by atoms with E-state index in [0.29, 0.717) is 4.90 Å². The molecule has 0 N–H and O–H groups in total. The second-order valence-corrected chi connectivity index (χ2v) is 5.00. The first-order chi connectivity index (χ1) is 11.1. The van der Waals surface area contributed by atoms with Crippen LogP contribution in [-0.2, 0) is 4.79 Å². The molecule has 0 spiro atoms. The van der Waals surface area contributed by atoms with Gasteiger partial charge in [0.25, 0.3) is 5.91 Å². The molecule has 2 amide bonds. The van der Waals surface area contributed by atoms with Gasteiger partial charge in [-0.15, -0.1) is 0 Å². The first-order valence-electron chi connectivity index (χ1n) is 6.58. The molecule has 1 fully saturated rings. The molecule has 11 heteroatoms. The van der Waals surface area contributed by atoms with Crippen molar-refractivity contribution in [1.82, 2.24) is 9.80 Å². The summed E-state index contributed by atoms with van der Waals surface area (Å²) in [6.07, 6.45) is -4.56. The van der Waals surface area contributed by atoms with Crippen LogP contribution < -0.4 is 4.74 Å². The molecule has 2 rings (SSSR count). The van der Waals surface area contributed by atoms with Crippen LogP contribution in [0.3, 0.4) is 0 Å². The smallest absolute Gasteiger partial charge is 0.406 e. The van der Waals surface area contributed by atoms with Crippen molar-refractivity contribution in [2.24, 2.45) is 0 Å². The summed E-state index contributed by atoms with van der Waals surface area (Å²) in [5.41, 5.74) is -0.385. The molecule has 8 nitrogen and oxygen atoms in total. The lowest BCUT2D eigenvalue weighted by atomic mass is 10.1. The molecule has 1 aromatic carbocycles. The highest BCUT2D eigenvalue weighted by molar-refractivity contribution is 5.98. The van der Waals surface area contributed by atoms with Crippen molar-refractivity contribution in [3.63, 3.8) is 0 Å². The Kier molecular flexibility index (Phi) is 4.62.